The molecular formula is C14H19BrN2O. The van der Waals surface area contributed by atoms with Gasteiger partial charge >= 0.3 is 0 Å². The first kappa shape index (κ1) is 13.4. The maximum absolute atomic E-state index is 12.1. The van der Waals surface area contributed by atoms with Crippen molar-refractivity contribution in [1.82, 2.24) is 4.90 Å². The predicted octanol–water partition coefficient (Wildman–Crippen LogP) is 3.18. The third kappa shape index (κ3) is 3.25. The summed E-state index contributed by atoms with van der Waals surface area (Å²) in [7, 11) is 0. The van der Waals surface area contributed by atoms with E-state index in [1.807, 2.05) is 36.9 Å². The summed E-state index contributed by atoms with van der Waals surface area (Å²) in [5.41, 5.74) is 2.17. The number of hydrogen-bond acceptors (Lipinski definition) is 2. The molecule has 0 spiro atoms. The van der Waals surface area contributed by atoms with Crippen LogP contribution in [0.3, 0.4) is 0 Å². The van der Waals surface area contributed by atoms with Crippen LogP contribution >= 0.6 is 15.9 Å². The van der Waals surface area contributed by atoms with E-state index >= 15 is 0 Å². The van der Waals surface area contributed by atoms with Gasteiger partial charge in [0.05, 0.1) is 6.54 Å². The van der Waals surface area contributed by atoms with E-state index in [9.17, 15) is 4.79 Å². The summed E-state index contributed by atoms with van der Waals surface area (Å²) in [6, 6.07) is 6.55. The number of anilines is 1. The summed E-state index contributed by atoms with van der Waals surface area (Å²) in [6.45, 7) is 5.27. The fourth-order valence-corrected chi connectivity index (χ4v) is 2.44. The Bertz CT molecular complexity index is 443. The molecule has 1 saturated carbocycles. The molecule has 0 unspecified atom stereocenters. The second kappa shape index (κ2) is 5.74. The summed E-state index contributed by atoms with van der Waals surface area (Å²) in [6.07, 6.45) is 2.32. The van der Waals surface area contributed by atoms with Gasteiger partial charge < -0.3 is 10.2 Å². The molecule has 1 aromatic rings. The van der Waals surface area contributed by atoms with E-state index in [0.29, 0.717) is 12.6 Å². The molecule has 1 N–H and O–H groups in total. The van der Waals surface area contributed by atoms with Gasteiger partial charge in [0.25, 0.3) is 0 Å². The van der Waals surface area contributed by atoms with Crippen molar-refractivity contribution < 1.29 is 4.79 Å². The number of benzene rings is 1. The fourth-order valence-electron chi connectivity index (χ4n) is 2.08. The van der Waals surface area contributed by atoms with Gasteiger partial charge in [-0.1, -0.05) is 22.0 Å². The maximum atomic E-state index is 12.1. The topological polar surface area (TPSA) is 32.3 Å². The number of halogens is 1. The minimum absolute atomic E-state index is 0.194. The molecule has 1 aliphatic rings. The van der Waals surface area contributed by atoms with Crippen LogP contribution in [0, 0.1) is 6.92 Å². The summed E-state index contributed by atoms with van der Waals surface area (Å²) < 4.78 is 1.03. The van der Waals surface area contributed by atoms with Gasteiger partial charge in [0, 0.05) is 22.7 Å². The summed E-state index contributed by atoms with van der Waals surface area (Å²) >= 11 is 3.44. The number of nitrogens with zero attached hydrogens (tertiary/aromatic N) is 1. The van der Waals surface area contributed by atoms with Crippen LogP contribution in [-0.2, 0) is 4.79 Å². The van der Waals surface area contributed by atoms with Crippen LogP contribution in [-0.4, -0.2) is 29.9 Å². The number of hydrogen-bond donors (Lipinski definition) is 1. The standard InChI is InChI=1S/C14H19BrN2O/c1-3-17(12-6-7-12)14(18)9-16-13-8-11(15)5-4-10(13)2/h4-5,8,12,16H,3,6-7,9H2,1-2H3. The zero-order chi connectivity index (χ0) is 13.1. The molecule has 1 aromatic carbocycles. The second-order valence-electron chi connectivity index (χ2n) is 4.72. The number of rotatable bonds is 5. The van der Waals surface area contributed by atoms with Gasteiger partial charge in [0.1, 0.15) is 0 Å². The molecule has 98 valence electrons. The third-order valence-electron chi connectivity index (χ3n) is 3.28. The largest absolute Gasteiger partial charge is 0.376 e. The summed E-state index contributed by atoms with van der Waals surface area (Å²) in [5.74, 6) is 0.194. The van der Waals surface area contributed by atoms with Crippen LogP contribution in [0.15, 0.2) is 22.7 Å². The van der Waals surface area contributed by atoms with Crippen molar-refractivity contribution in [3.05, 3.63) is 28.2 Å². The van der Waals surface area contributed by atoms with Gasteiger partial charge in [0.2, 0.25) is 5.91 Å². The molecule has 0 atom stereocenters. The molecule has 0 aliphatic heterocycles. The number of aryl methyl sites for hydroxylation is 1. The zero-order valence-electron chi connectivity index (χ0n) is 10.9. The SMILES string of the molecule is CCN(C(=O)CNc1cc(Br)ccc1C)C1CC1. The van der Waals surface area contributed by atoms with Gasteiger partial charge in [-0.05, 0) is 44.4 Å². The highest BCUT2D eigenvalue weighted by molar-refractivity contribution is 9.10. The Labute approximate surface area is 117 Å². The Kier molecular flexibility index (Phi) is 4.27. The molecule has 4 heteroatoms. The van der Waals surface area contributed by atoms with E-state index in [4.69, 9.17) is 0 Å². The average Bonchev–Trinajstić information content (AvgIpc) is 3.16. The van der Waals surface area contributed by atoms with Gasteiger partial charge in [-0.15, -0.1) is 0 Å². The molecule has 0 heterocycles. The van der Waals surface area contributed by atoms with Crippen molar-refractivity contribution in [1.29, 1.82) is 0 Å². The zero-order valence-corrected chi connectivity index (χ0v) is 12.5. The highest BCUT2D eigenvalue weighted by atomic mass is 79.9. The van der Waals surface area contributed by atoms with Gasteiger partial charge in [-0.3, -0.25) is 4.79 Å². The number of amides is 1. The van der Waals surface area contributed by atoms with Crippen LogP contribution < -0.4 is 5.32 Å². The van der Waals surface area contributed by atoms with Crippen molar-refractivity contribution in [2.24, 2.45) is 0 Å². The number of carbonyl (C=O) groups excluding carboxylic acids is 1. The lowest BCUT2D eigenvalue weighted by Crippen LogP contribution is -2.37. The highest BCUT2D eigenvalue weighted by Crippen LogP contribution is 2.26. The average molecular weight is 311 g/mol. The first-order chi connectivity index (χ1) is 8.61. The summed E-state index contributed by atoms with van der Waals surface area (Å²) in [4.78, 5) is 14.0. The van der Waals surface area contributed by atoms with Gasteiger partial charge in [-0.2, -0.15) is 0 Å². The first-order valence-electron chi connectivity index (χ1n) is 6.41. The normalized spacial score (nSPS) is 14.4. The van der Waals surface area contributed by atoms with E-state index in [0.717, 1.165) is 35.1 Å². The number of carbonyl (C=O) groups is 1. The summed E-state index contributed by atoms with van der Waals surface area (Å²) in [5, 5.41) is 3.23. The quantitative estimate of drug-likeness (QED) is 0.906. The molecule has 0 saturated heterocycles. The van der Waals surface area contributed by atoms with E-state index in [-0.39, 0.29) is 5.91 Å². The molecule has 3 nitrogen and oxygen atoms in total. The van der Waals surface area contributed by atoms with Crippen LogP contribution in [0.2, 0.25) is 0 Å². The smallest absolute Gasteiger partial charge is 0.242 e. The lowest BCUT2D eigenvalue weighted by molar-refractivity contribution is -0.129. The lowest BCUT2D eigenvalue weighted by atomic mass is 10.2. The Hall–Kier alpha value is -1.03. The molecule has 0 radical (unpaired) electrons. The monoisotopic (exact) mass is 310 g/mol. The van der Waals surface area contributed by atoms with Crippen molar-refractivity contribution in [3.63, 3.8) is 0 Å². The van der Waals surface area contributed by atoms with E-state index in [1.54, 1.807) is 0 Å². The second-order valence-corrected chi connectivity index (χ2v) is 5.64. The molecule has 2 rings (SSSR count). The molecule has 1 amide bonds. The fraction of sp³-hybridized carbons (Fsp3) is 0.500. The van der Waals surface area contributed by atoms with Crippen molar-refractivity contribution in [2.45, 2.75) is 32.7 Å². The Morgan fingerprint density at radius 2 is 2.22 bits per heavy atom. The van der Waals surface area contributed by atoms with Crippen molar-refractivity contribution in [3.8, 4) is 0 Å². The van der Waals surface area contributed by atoms with Gasteiger partial charge in [-0.25, -0.2) is 0 Å². The maximum Gasteiger partial charge on any atom is 0.242 e. The molecule has 1 aliphatic carbocycles. The molecular weight excluding hydrogens is 292 g/mol. The Morgan fingerprint density at radius 1 is 1.50 bits per heavy atom. The van der Waals surface area contributed by atoms with Gasteiger partial charge in [0.15, 0.2) is 0 Å². The molecule has 0 bridgehead atoms. The third-order valence-corrected chi connectivity index (χ3v) is 3.77. The van der Waals surface area contributed by atoms with E-state index in [2.05, 4.69) is 21.2 Å². The van der Waals surface area contributed by atoms with Crippen LogP contribution in [0.1, 0.15) is 25.3 Å². The number of likely N-dealkylation sites (N-methyl/N-ethyl adjacent to an activating group) is 1. The van der Waals surface area contributed by atoms with Crippen molar-refractivity contribution >= 4 is 27.5 Å². The predicted molar refractivity (Wildman–Crippen MR) is 77.8 cm³/mol. The number of nitrogens with one attached hydrogen (secondary N) is 1. The van der Waals surface area contributed by atoms with Crippen LogP contribution in [0.5, 0.6) is 0 Å². The first-order valence-corrected chi connectivity index (χ1v) is 7.20. The molecule has 1 fully saturated rings. The molecule has 18 heavy (non-hydrogen) atoms. The van der Waals surface area contributed by atoms with Crippen molar-refractivity contribution in [2.75, 3.05) is 18.4 Å². The Balaban J connectivity index is 1.94. The Morgan fingerprint density at radius 3 is 2.83 bits per heavy atom. The highest BCUT2D eigenvalue weighted by Gasteiger charge is 2.30. The lowest BCUT2D eigenvalue weighted by Gasteiger charge is -2.21. The van der Waals surface area contributed by atoms with Crippen LogP contribution in [0.25, 0.3) is 0 Å². The van der Waals surface area contributed by atoms with Crippen LogP contribution in [0.4, 0.5) is 5.69 Å². The minimum Gasteiger partial charge on any atom is -0.376 e. The minimum atomic E-state index is 0.194. The van der Waals surface area contributed by atoms with E-state index in [1.165, 1.54) is 0 Å². The molecule has 0 aromatic heterocycles. The van der Waals surface area contributed by atoms with E-state index < -0.39 is 0 Å².